The second-order valence-corrected chi connectivity index (χ2v) is 8.00. The van der Waals surface area contributed by atoms with E-state index in [0.29, 0.717) is 27.2 Å². The van der Waals surface area contributed by atoms with E-state index < -0.39 is 11.1 Å². The molecule has 0 unspecified atom stereocenters. The Balaban J connectivity index is 1.51. The maximum Gasteiger partial charge on any atom is 0.296 e. The molecular weight excluding hydrogens is 436 g/mol. The standard InChI is InChI=1S/C23H13F2N3O3S/c24-15-5-1-13(2-6-15)11-18-21(29)26-23-28(27-18)22(30)20(32-23)12-17-9-10-19(31-17)14-3-7-16(25)8-4-14/h1-10,12H,11H2. The fourth-order valence-electron chi connectivity index (χ4n) is 3.18. The van der Waals surface area contributed by atoms with Crippen LogP contribution < -0.4 is 15.7 Å². The van der Waals surface area contributed by atoms with Crippen molar-refractivity contribution in [3.63, 3.8) is 0 Å². The number of nitrogens with zero attached hydrogens (tertiary/aromatic N) is 3. The van der Waals surface area contributed by atoms with Crippen molar-refractivity contribution in [2.75, 3.05) is 0 Å². The van der Waals surface area contributed by atoms with E-state index in [-0.39, 0.29) is 28.7 Å². The topological polar surface area (TPSA) is 77.5 Å². The highest BCUT2D eigenvalue weighted by Crippen LogP contribution is 2.22. The van der Waals surface area contributed by atoms with Gasteiger partial charge >= 0.3 is 0 Å². The summed E-state index contributed by atoms with van der Waals surface area (Å²) >= 11 is 1.02. The molecule has 0 N–H and O–H groups in total. The number of fused-ring (bicyclic) bond motifs is 1. The van der Waals surface area contributed by atoms with E-state index in [1.165, 1.54) is 24.3 Å². The Morgan fingerprint density at radius 2 is 1.62 bits per heavy atom. The summed E-state index contributed by atoms with van der Waals surface area (Å²) in [4.78, 5) is 29.3. The van der Waals surface area contributed by atoms with Crippen LogP contribution in [0.1, 0.15) is 17.0 Å². The third kappa shape index (κ3) is 3.85. The quantitative estimate of drug-likeness (QED) is 0.421. The number of thiazole rings is 1. The van der Waals surface area contributed by atoms with Gasteiger partial charge < -0.3 is 4.42 Å². The van der Waals surface area contributed by atoms with Crippen molar-refractivity contribution in [1.29, 1.82) is 0 Å². The van der Waals surface area contributed by atoms with Crippen molar-refractivity contribution < 1.29 is 13.2 Å². The van der Waals surface area contributed by atoms with Gasteiger partial charge in [-0.2, -0.15) is 14.6 Å². The zero-order valence-electron chi connectivity index (χ0n) is 16.3. The molecule has 3 aromatic heterocycles. The molecule has 0 saturated carbocycles. The molecule has 3 heterocycles. The van der Waals surface area contributed by atoms with E-state index in [1.54, 1.807) is 42.5 Å². The number of halogens is 2. The molecule has 6 nitrogen and oxygen atoms in total. The summed E-state index contributed by atoms with van der Waals surface area (Å²) in [6.07, 6.45) is 1.67. The number of furan rings is 1. The summed E-state index contributed by atoms with van der Waals surface area (Å²) in [6.45, 7) is 0. The predicted octanol–water partition coefficient (Wildman–Crippen LogP) is 3.19. The van der Waals surface area contributed by atoms with Gasteiger partial charge in [0.2, 0.25) is 4.96 Å². The molecule has 5 aromatic rings. The van der Waals surface area contributed by atoms with Gasteiger partial charge in [-0.15, -0.1) is 0 Å². The number of hydrogen-bond donors (Lipinski definition) is 0. The van der Waals surface area contributed by atoms with Crippen molar-refractivity contribution in [2.24, 2.45) is 0 Å². The molecule has 0 radical (unpaired) electrons. The smallest absolute Gasteiger partial charge is 0.296 e. The summed E-state index contributed by atoms with van der Waals surface area (Å²) in [5, 5.41) is 4.18. The number of benzene rings is 2. The Hall–Kier alpha value is -3.98. The van der Waals surface area contributed by atoms with Gasteiger partial charge in [0.1, 0.15) is 33.4 Å². The third-order valence-electron chi connectivity index (χ3n) is 4.76. The van der Waals surface area contributed by atoms with Gasteiger partial charge in [-0.25, -0.2) is 8.78 Å². The van der Waals surface area contributed by atoms with E-state index in [0.717, 1.165) is 15.9 Å². The van der Waals surface area contributed by atoms with Crippen LogP contribution in [0, 0.1) is 11.6 Å². The fourth-order valence-corrected chi connectivity index (χ4v) is 4.06. The minimum absolute atomic E-state index is 0.0900. The zero-order valence-corrected chi connectivity index (χ0v) is 17.1. The molecule has 0 aliphatic heterocycles. The molecule has 0 aliphatic rings. The van der Waals surface area contributed by atoms with Gasteiger partial charge in [-0.3, -0.25) is 9.59 Å². The lowest BCUT2D eigenvalue weighted by molar-refractivity contribution is 0.571. The average molecular weight is 449 g/mol. The minimum atomic E-state index is -0.543. The van der Waals surface area contributed by atoms with Gasteiger partial charge in [-0.05, 0) is 54.1 Å². The van der Waals surface area contributed by atoms with Crippen molar-refractivity contribution >= 4 is 22.4 Å². The van der Waals surface area contributed by atoms with E-state index in [4.69, 9.17) is 4.42 Å². The van der Waals surface area contributed by atoms with Crippen LogP contribution in [0.3, 0.4) is 0 Å². The molecule has 9 heteroatoms. The molecule has 0 spiro atoms. The Morgan fingerprint density at radius 3 is 2.34 bits per heavy atom. The average Bonchev–Trinajstić information content (AvgIpc) is 3.36. The van der Waals surface area contributed by atoms with Gasteiger partial charge in [0.15, 0.2) is 0 Å². The van der Waals surface area contributed by atoms with Crippen LogP contribution >= 0.6 is 11.3 Å². The summed E-state index contributed by atoms with van der Waals surface area (Å²) in [7, 11) is 0. The van der Waals surface area contributed by atoms with Gasteiger partial charge in [-0.1, -0.05) is 23.5 Å². The highest BCUT2D eigenvalue weighted by molar-refractivity contribution is 7.15. The summed E-state index contributed by atoms with van der Waals surface area (Å²) in [5.74, 6) is 0.217. The number of hydrogen-bond acceptors (Lipinski definition) is 6. The molecular formula is C23H13F2N3O3S. The Kier molecular flexibility index (Phi) is 4.95. The lowest BCUT2D eigenvalue weighted by atomic mass is 10.1. The normalized spacial score (nSPS) is 12.0. The first-order valence-corrected chi connectivity index (χ1v) is 10.3. The van der Waals surface area contributed by atoms with Gasteiger partial charge in [0.05, 0.1) is 0 Å². The first-order chi connectivity index (χ1) is 15.5. The molecule has 0 bridgehead atoms. The van der Waals surface area contributed by atoms with Gasteiger partial charge in [0.25, 0.3) is 11.1 Å². The summed E-state index contributed by atoms with van der Waals surface area (Å²) in [5.41, 5.74) is 0.489. The third-order valence-corrected chi connectivity index (χ3v) is 5.72. The van der Waals surface area contributed by atoms with Crippen molar-refractivity contribution in [2.45, 2.75) is 6.42 Å². The first kappa shape index (κ1) is 20.0. The minimum Gasteiger partial charge on any atom is -0.457 e. The zero-order chi connectivity index (χ0) is 22.2. The second kappa shape index (κ2) is 7.93. The van der Waals surface area contributed by atoms with Crippen LogP contribution in [0.15, 0.2) is 74.7 Å². The Morgan fingerprint density at radius 1 is 0.938 bits per heavy atom. The highest BCUT2D eigenvalue weighted by Gasteiger charge is 2.12. The molecule has 5 rings (SSSR count). The largest absolute Gasteiger partial charge is 0.457 e. The monoisotopic (exact) mass is 449 g/mol. The van der Waals surface area contributed by atoms with E-state index in [1.807, 2.05) is 0 Å². The van der Waals surface area contributed by atoms with E-state index in [2.05, 4.69) is 10.1 Å². The molecule has 0 atom stereocenters. The van der Waals surface area contributed by atoms with Crippen molar-refractivity contribution in [3.8, 4) is 11.3 Å². The van der Waals surface area contributed by atoms with E-state index in [9.17, 15) is 18.4 Å². The summed E-state index contributed by atoms with van der Waals surface area (Å²) < 4.78 is 33.3. The summed E-state index contributed by atoms with van der Waals surface area (Å²) in [6, 6.07) is 14.9. The Labute approximate surface area is 182 Å². The highest BCUT2D eigenvalue weighted by atomic mass is 32.1. The van der Waals surface area contributed by atoms with Gasteiger partial charge in [0, 0.05) is 18.1 Å². The van der Waals surface area contributed by atoms with Crippen LogP contribution in [0.5, 0.6) is 0 Å². The lowest BCUT2D eigenvalue weighted by Crippen LogP contribution is -2.28. The molecule has 158 valence electrons. The SMILES string of the molecule is O=c1nc2sc(=Cc3ccc(-c4ccc(F)cc4)o3)c(=O)n2nc1Cc1ccc(F)cc1. The lowest BCUT2D eigenvalue weighted by Gasteiger charge is -2.00. The maximum atomic E-state index is 13.1. The van der Waals surface area contributed by atoms with Crippen LogP contribution in [-0.4, -0.2) is 14.6 Å². The van der Waals surface area contributed by atoms with Crippen LogP contribution in [0.25, 0.3) is 22.4 Å². The maximum absolute atomic E-state index is 13.1. The van der Waals surface area contributed by atoms with Crippen molar-refractivity contribution in [3.05, 3.63) is 115 Å². The molecule has 0 saturated heterocycles. The molecule has 0 fully saturated rings. The number of rotatable bonds is 4. The van der Waals surface area contributed by atoms with Crippen molar-refractivity contribution in [1.82, 2.24) is 14.6 Å². The van der Waals surface area contributed by atoms with Crippen LogP contribution in [-0.2, 0) is 6.42 Å². The number of aromatic nitrogens is 3. The molecule has 2 aromatic carbocycles. The molecule has 0 aliphatic carbocycles. The van der Waals surface area contributed by atoms with E-state index >= 15 is 0 Å². The first-order valence-electron chi connectivity index (χ1n) is 9.51. The second-order valence-electron chi connectivity index (χ2n) is 6.99. The fraction of sp³-hybridized carbons (Fsp3) is 0.0435. The Bertz CT molecular complexity index is 1600. The van der Waals surface area contributed by atoms with Crippen LogP contribution in [0.4, 0.5) is 8.78 Å². The molecule has 32 heavy (non-hydrogen) atoms. The predicted molar refractivity (Wildman–Crippen MR) is 115 cm³/mol. The molecule has 0 amide bonds. The van der Waals surface area contributed by atoms with Crippen LogP contribution in [0.2, 0.25) is 0 Å².